The third kappa shape index (κ3) is 12.5. The van der Waals surface area contributed by atoms with Gasteiger partial charge >= 0.3 is 5.97 Å². The third-order valence-corrected chi connectivity index (χ3v) is 6.21. The second-order valence-electron chi connectivity index (χ2n) is 9.91. The summed E-state index contributed by atoms with van der Waals surface area (Å²) in [4.78, 5) is 10.7. The monoisotopic (exact) mass is 490 g/mol. The van der Waals surface area contributed by atoms with Crippen molar-refractivity contribution in [3.63, 3.8) is 0 Å². The second-order valence-corrected chi connectivity index (χ2v) is 9.91. The molecule has 1 saturated heterocycles. The Morgan fingerprint density at radius 3 is 2.51 bits per heavy atom. The molecule has 1 aliphatic rings. The summed E-state index contributed by atoms with van der Waals surface area (Å²) in [7, 11) is 0. The molecule has 0 unspecified atom stereocenters. The lowest BCUT2D eigenvalue weighted by molar-refractivity contribution is -0.137. The van der Waals surface area contributed by atoms with Crippen molar-refractivity contribution in [2.24, 2.45) is 23.3 Å². The Morgan fingerprint density at radius 2 is 1.89 bits per heavy atom. The number of aliphatic hydroxyl groups excluding tert-OH is 2. The molecule has 0 bridgehead atoms. The summed E-state index contributed by atoms with van der Waals surface area (Å²) >= 11 is 0. The van der Waals surface area contributed by atoms with Crippen LogP contribution < -0.4 is 11.5 Å². The first-order chi connectivity index (χ1) is 16.4. The predicted octanol–water partition coefficient (Wildman–Crippen LogP) is 3.63. The average Bonchev–Trinajstić information content (AvgIpc) is 2.74. The van der Waals surface area contributed by atoms with Crippen LogP contribution in [0.1, 0.15) is 60.3 Å². The highest BCUT2D eigenvalue weighted by atomic mass is 16.5. The van der Waals surface area contributed by atoms with Gasteiger partial charge in [-0.15, -0.1) is 0 Å². The molecule has 0 aliphatic carbocycles. The minimum Gasteiger partial charge on any atom is -0.481 e. The van der Waals surface area contributed by atoms with E-state index in [2.05, 4.69) is 19.9 Å². The molecule has 7 heteroatoms. The second kappa shape index (κ2) is 15.9. The summed E-state index contributed by atoms with van der Waals surface area (Å²) in [5, 5.41) is 29.1. The summed E-state index contributed by atoms with van der Waals surface area (Å²) in [6, 6.07) is -0.870. The van der Waals surface area contributed by atoms with Crippen LogP contribution in [0.15, 0.2) is 59.8 Å². The molecule has 0 amide bonds. The number of carboxylic acid groups (broad SMARTS) is 1. The van der Waals surface area contributed by atoms with Gasteiger partial charge in [-0.3, -0.25) is 4.79 Å². The number of hydrogen-bond donors (Lipinski definition) is 5. The van der Waals surface area contributed by atoms with E-state index in [1.165, 1.54) is 5.57 Å². The van der Waals surface area contributed by atoms with Gasteiger partial charge < -0.3 is 31.5 Å². The van der Waals surface area contributed by atoms with Gasteiger partial charge in [-0.2, -0.15) is 0 Å². The zero-order chi connectivity index (χ0) is 26.5. The molecule has 0 saturated carbocycles. The molecule has 0 aromatic carbocycles. The molecular weight excluding hydrogens is 444 g/mol. The van der Waals surface area contributed by atoms with Crippen LogP contribution in [0, 0.1) is 11.8 Å². The van der Waals surface area contributed by atoms with E-state index in [1.54, 1.807) is 6.08 Å². The van der Waals surface area contributed by atoms with Crippen molar-refractivity contribution in [2.45, 2.75) is 96.8 Å². The van der Waals surface area contributed by atoms with Gasteiger partial charge in [-0.1, -0.05) is 73.6 Å². The quantitative estimate of drug-likeness (QED) is 0.196. The van der Waals surface area contributed by atoms with Crippen LogP contribution in [0.5, 0.6) is 0 Å². The highest BCUT2D eigenvalue weighted by molar-refractivity contribution is 5.67. The first kappa shape index (κ1) is 31.0. The molecule has 0 spiro atoms. The molecule has 0 radical (unpaired) electrons. The fourth-order valence-electron chi connectivity index (χ4n) is 4.28. The Bertz CT molecular complexity index is 801. The third-order valence-electron chi connectivity index (χ3n) is 6.21. The summed E-state index contributed by atoms with van der Waals surface area (Å²) in [5.74, 6) is -0.622. The Kier molecular flexibility index (Phi) is 14.0. The predicted molar refractivity (Wildman–Crippen MR) is 142 cm³/mol. The summed E-state index contributed by atoms with van der Waals surface area (Å²) in [5.41, 5.74) is 14.3. The highest BCUT2D eigenvalue weighted by Crippen LogP contribution is 2.28. The number of nitrogens with two attached hydrogens (primary N) is 2. The lowest BCUT2D eigenvalue weighted by Gasteiger charge is -2.38. The number of aliphatic carboxylic acids is 1. The lowest BCUT2D eigenvalue weighted by Crippen LogP contribution is -2.48. The number of ether oxygens (including phenoxy) is 1. The molecular formula is C28H46N2O5. The minimum absolute atomic E-state index is 0.0476. The van der Waals surface area contributed by atoms with E-state index in [1.807, 2.05) is 57.2 Å². The van der Waals surface area contributed by atoms with E-state index in [0.29, 0.717) is 12.3 Å². The Labute approximate surface area is 210 Å². The molecule has 35 heavy (non-hydrogen) atoms. The number of rotatable bonds is 13. The van der Waals surface area contributed by atoms with Gasteiger partial charge in [-0.05, 0) is 39.5 Å². The maximum atomic E-state index is 10.7. The first-order valence-electron chi connectivity index (χ1n) is 12.5. The number of hydrogen-bond acceptors (Lipinski definition) is 6. The fourth-order valence-corrected chi connectivity index (χ4v) is 4.28. The van der Waals surface area contributed by atoms with Crippen molar-refractivity contribution in [1.82, 2.24) is 0 Å². The van der Waals surface area contributed by atoms with Gasteiger partial charge in [0.25, 0.3) is 0 Å². The number of carbonyl (C=O) groups is 1. The Hall–Kier alpha value is -2.03. The van der Waals surface area contributed by atoms with Crippen LogP contribution >= 0.6 is 0 Å². The molecule has 1 aliphatic heterocycles. The van der Waals surface area contributed by atoms with Crippen molar-refractivity contribution < 1.29 is 24.9 Å². The van der Waals surface area contributed by atoms with Gasteiger partial charge in [0.15, 0.2) is 0 Å². The topological polar surface area (TPSA) is 139 Å². The van der Waals surface area contributed by atoms with E-state index in [0.717, 1.165) is 12.0 Å². The molecule has 8 atom stereocenters. The van der Waals surface area contributed by atoms with Crippen molar-refractivity contribution in [3.8, 4) is 0 Å². The molecule has 198 valence electrons. The zero-order valence-corrected chi connectivity index (χ0v) is 21.9. The van der Waals surface area contributed by atoms with Crippen molar-refractivity contribution in [1.29, 1.82) is 0 Å². The van der Waals surface area contributed by atoms with E-state index < -0.39 is 24.2 Å². The smallest absolute Gasteiger partial charge is 0.304 e. The lowest BCUT2D eigenvalue weighted by atomic mass is 9.88. The van der Waals surface area contributed by atoms with Crippen molar-refractivity contribution in [2.75, 3.05) is 0 Å². The first-order valence-corrected chi connectivity index (χ1v) is 12.5. The van der Waals surface area contributed by atoms with Crippen LogP contribution in [0.3, 0.4) is 0 Å². The van der Waals surface area contributed by atoms with E-state index in [4.69, 9.17) is 21.3 Å². The van der Waals surface area contributed by atoms with Crippen LogP contribution in [0.2, 0.25) is 0 Å². The van der Waals surface area contributed by atoms with Crippen LogP contribution in [-0.2, 0) is 9.53 Å². The minimum atomic E-state index is -0.965. The van der Waals surface area contributed by atoms with Gasteiger partial charge in [0, 0.05) is 24.4 Å². The highest BCUT2D eigenvalue weighted by Gasteiger charge is 2.35. The normalized spacial score (nSPS) is 28.0. The Morgan fingerprint density at radius 1 is 1.20 bits per heavy atom. The number of aliphatic hydroxyl groups is 2. The standard InChI is InChI=1S/C28H46N2O5/c1-6-8-26-21(5)25(32)17-27(35-26)24(30)10-7-9-18(2)13-20(4)14-19(3)11-12-23(31)15-22(29)16-28(33)34/h6-12,14,20-27,31-32H,13,15-17,29-30H2,1-5H3,(H,33,34)/b8-6+,10-7+,12-11+,18-9+,19-14-/t20-,21+,22+,23+,24+,25-,26+,27+/m1/s1. The van der Waals surface area contributed by atoms with Crippen molar-refractivity contribution >= 4 is 5.97 Å². The summed E-state index contributed by atoms with van der Waals surface area (Å²) in [6.07, 6.45) is 15.4. The fraction of sp³-hybridized carbons (Fsp3) is 0.607. The Balaban J connectivity index is 2.57. The van der Waals surface area contributed by atoms with Gasteiger partial charge in [-0.25, -0.2) is 0 Å². The molecule has 7 N–H and O–H groups in total. The largest absolute Gasteiger partial charge is 0.481 e. The maximum absolute atomic E-state index is 10.7. The zero-order valence-electron chi connectivity index (χ0n) is 21.9. The molecule has 1 fully saturated rings. The molecule has 0 aromatic rings. The summed E-state index contributed by atoms with van der Waals surface area (Å²) < 4.78 is 6.11. The van der Waals surface area contributed by atoms with Crippen LogP contribution in [-0.4, -0.2) is 57.8 Å². The molecule has 1 rings (SSSR count). The van der Waals surface area contributed by atoms with E-state index in [9.17, 15) is 15.0 Å². The summed E-state index contributed by atoms with van der Waals surface area (Å²) in [6.45, 7) is 10.1. The van der Waals surface area contributed by atoms with Crippen molar-refractivity contribution in [3.05, 3.63) is 59.8 Å². The molecule has 1 heterocycles. The molecule has 0 aromatic heterocycles. The van der Waals surface area contributed by atoms with Crippen LogP contribution in [0.4, 0.5) is 0 Å². The van der Waals surface area contributed by atoms with Gasteiger partial charge in [0.1, 0.15) is 0 Å². The van der Waals surface area contributed by atoms with Gasteiger partial charge in [0.2, 0.25) is 0 Å². The maximum Gasteiger partial charge on any atom is 0.304 e. The number of allylic oxidation sites excluding steroid dienone is 7. The number of carboxylic acids is 1. The average molecular weight is 491 g/mol. The van der Waals surface area contributed by atoms with Gasteiger partial charge in [0.05, 0.1) is 30.8 Å². The SMILES string of the molecule is C/C=C/[C@@H]1O[C@H]([C@@H](N)/C=C/C=C(\C)C[C@@H](C)/C=C(C)\C=C\[C@H](O)C[C@H](N)CC(=O)O)C[C@@H](O)[C@@H]1C. The van der Waals surface area contributed by atoms with E-state index >= 15 is 0 Å². The molecule has 7 nitrogen and oxygen atoms in total. The van der Waals surface area contributed by atoms with E-state index in [-0.39, 0.29) is 37.0 Å². The van der Waals surface area contributed by atoms with Crippen LogP contribution in [0.25, 0.3) is 0 Å².